The minimum Gasteiger partial charge on any atom is -0.459 e. The number of likely N-dealkylation sites (tertiary alicyclic amines) is 1. The van der Waals surface area contributed by atoms with Crippen LogP contribution in [0.3, 0.4) is 0 Å². The third-order valence-electron chi connectivity index (χ3n) is 2.69. The molecule has 0 bridgehead atoms. The molecule has 0 radical (unpaired) electrons. The first kappa shape index (κ1) is 13.5. The lowest BCUT2D eigenvalue weighted by Gasteiger charge is -2.27. The van der Waals surface area contributed by atoms with Crippen LogP contribution in [0.4, 0.5) is 0 Å². The average Bonchev–Trinajstić information content (AvgIpc) is 2.59. The molecule has 94 valence electrons. The van der Waals surface area contributed by atoms with E-state index in [1.54, 1.807) is 0 Å². The molecular weight excluding hydrogens is 204 g/mol. The maximum absolute atomic E-state index is 12.0. The van der Waals surface area contributed by atoms with Gasteiger partial charge in [0.2, 0.25) is 0 Å². The number of hydrogen-bond acceptors (Lipinski definition) is 4. The van der Waals surface area contributed by atoms with E-state index < -0.39 is 0 Å². The average molecular weight is 228 g/mol. The molecule has 1 unspecified atom stereocenters. The summed E-state index contributed by atoms with van der Waals surface area (Å²) in [4.78, 5) is 14.2. The second-order valence-corrected chi connectivity index (χ2v) is 5.33. The van der Waals surface area contributed by atoms with Gasteiger partial charge in [-0.05, 0) is 47.2 Å². The van der Waals surface area contributed by atoms with Crippen molar-refractivity contribution < 1.29 is 9.53 Å². The molecule has 0 aromatic heterocycles. The first-order valence-corrected chi connectivity index (χ1v) is 6.05. The maximum Gasteiger partial charge on any atom is 0.323 e. The number of esters is 1. The van der Waals surface area contributed by atoms with E-state index in [1.165, 1.54) is 0 Å². The molecular formula is C12H24N2O2. The van der Waals surface area contributed by atoms with E-state index >= 15 is 0 Å². The number of rotatable bonds is 4. The largest absolute Gasteiger partial charge is 0.459 e. The van der Waals surface area contributed by atoms with E-state index in [0.29, 0.717) is 0 Å². The van der Waals surface area contributed by atoms with Crippen LogP contribution in [-0.4, -0.2) is 49.2 Å². The summed E-state index contributed by atoms with van der Waals surface area (Å²) in [7, 11) is 1.93. The van der Waals surface area contributed by atoms with Gasteiger partial charge >= 0.3 is 5.97 Å². The van der Waals surface area contributed by atoms with Crippen molar-refractivity contribution >= 4 is 5.97 Å². The molecule has 0 aromatic rings. The molecule has 1 atom stereocenters. The van der Waals surface area contributed by atoms with Gasteiger partial charge in [0.1, 0.15) is 11.6 Å². The molecule has 1 N–H and O–H groups in total. The summed E-state index contributed by atoms with van der Waals surface area (Å²) in [6.07, 6.45) is 2.02. The Kier molecular flexibility index (Phi) is 4.74. The zero-order chi connectivity index (χ0) is 12.2. The SMILES string of the molecule is CNCCN1CCCC1C(=O)OC(C)(C)C. The van der Waals surface area contributed by atoms with Crippen LogP contribution >= 0.6 is 0 Å². The summed E-state index contributed by atoms with van der Waals surface area (Å²) in [6.45, 7) is 8.58. The lowest BCUT2D eigenvalue weighted by atomic mass is 10.1. The normalized spacial score (nSPS) is 22.4. The molecule has 0 aliphatic carbocycles. The number of carbonyl (C=O) groups excluding carboxylic acids is 1. The highest BCUT2D eigenvalue weighted by atomic mass is 16.6. The topological polar surface area (TPSA) is 41.6 Å². The zero-order valence-corrected chi connectivity index (χ0v) is 10.9. The smallest absolute Gasteiger partial charge is 0.323 e. The number of nitrogens with zero attached hydrogens (tertiary/aromatic N) is 1. The van der Waals surface area contributed by atoms with Crippen molar-refractivity contribution in [1.82, 2.24) is 10.2 Å². The standard InChI is InChI=1S/C12H24N2O2/c1-12(2,3)16-11(15)10-6-5-8-14(10)9-7-13-4/h10,13H,5-9H2,1-4H3. The minimum atomic E-state index is -0.381. The van der Waals surface area contributed by atoms with Gasteiger partial charge in [-0.3, -0.25) is 9.69 Å². The van der Waals surface area contributed by atoms with E-state index in [1.807, 2.05) is 27.8 Å². The summed E-state index contributed by atoms with van der Waals surface area (Å²) in [6, 6.07) is -0.0347. The number of hydrogen-bond donors (Lipinski definition) is 1. The Labute approximate surface area is 98.3 Å². The Morgan fingerprint density at radius 2 is 2.19 bits per heavy atom. The lowest BCUT2D eigenvalue weighted by molar-refractivity contribution is -0.160. The first-order valence-electron chi connectivity index (χ1n) is 6.05. The molecule has 4 heteroatoms. The highest BCUT2D eigenvalue weighted by Crippen LogP contribution is 2.20. The highest BCUT2D eigenvalue weighted by molar-refractivity contribution is 5.76. The molecule has 1 rings (SSSR count). The Hall–Kier alpha value is -0.610. The Balaban J connectivity index is 2.47. The minimum absolute atomic E-state index is 0.0347. The summed E-state index contributed by atoms with van der Waals surface area (Å²) >= 11 is 0. The van der Waals surface area contributed by atoms with Gasteiger partial charge in [-0.25, -0.2) is 0 Å². The molecule has 1 aliphatic heterocycles. The fourth-order valence-electron chi connectivity index (χ4n) is 1.99. The molecule has 1 aliphatic rings. The van der Waals surface area contributed by atoms with Crippen molar-refractivity contribution in [3.63, 3.8) is 0 Å². The predicted octanol–water partition coefficient (Wildman–Crippen LogP) is 1.01. The van der Waals surface area contributed by atoms with E-state index in [0.717, 1.165) is 32.5 Å². The third-order valence-corrected chi connectivity index (χ3v) is 2.69. The Morgan fingerprint density at radius 3 is 2.75 bits per heavy atom. The van der Waals surface area contributed by atoms with E-state index in [4.69, 9.17) is 4.74 Å². The molecule has 1 heterocycles. The van der Waals surface area contributed by atoms with E-state index in [9.17, 15) is 4.79 Å². The van der Waals surface area contributed by atoms with Gasteiger partial charge in [-0.15, -0.1) is 0 Å². The van der Waals surface area contributed by atoms with Crippen LogP contribution in [0.25, 0.3) is 0 Å². The second kappa shape index (κ2) is 5.64. The van der Waals surface area contributed by atoms with Gasteiger partial charge in [0, 0.05) is 13.1 Å². The fourth-order valence-corrected chi connectivity index (χ4v) is 1.99. The molecule has 0 aromatic carbocycles. The molecule has 1 saturated heterocycles. The molecule has 0 saturated carbocycles. The van der Waals surface area contributed by atoms with Crippen LogP contribution < -0.4 is 5.32 Å². The lowest BCUT2D eigenvalue weighted by Crippen LogP contribution is -2.42. The molecule has 4 nitrogen and oxygen atoms in total. The van der Waals surface area contributed by atoms with Gasteiger partial charge < -0.3 is 10.1 Å². The van der Waals surface area contributed by atoms with Crippen LogP contribution in [0.5, 0.6) is 0 Å². The maximum atomic E-state index is 12.0. The first-order chi connectivity index (χ1) is 7.44. The Bertz CT molecular complexity index is 236. The number of ether oxygens (including phenoxy) is 1. The highest BCUT2D eigenvalue weighted by Gasteiger charge is 2.33. The number of carbonyl (C=O) groups is 1. The van der Waals surface area contributed by atoms with E-state index in [-0.39, 0.29) is 17.6 Å². The summed E-state index contributed by atoms with van der Waals surface area (Å²) in [5, 5.41) is 3.11. The summed E-state index contributed by atoms with van der Waals surface area (Å²) in [5.41, 5.74) is -0.381. The monoisotopic (exact) mass is 228 g/mol. The summed E-state index contributed by atoms with van der Waals surface area (Å²) < 4.78 is 5.43. The zero-order valence-electron chi connectivity index (χ0n) is 10.9. The second-order valence-electron chi connectivity index (χ2n) is 5.33. The van der Waals surface area contributed by atoms with Crippen LogP contribution in [0.2, 0.25) is 0 Å². The Morgan fingerprint density at radius 1 is 1.50 bits per heavy atom. The van der Waals surface area contributed by atoms with Gasteiger partial charge in [0.05, 0.1) is 0 Å². The van der Waals surface area contributed by atoms with Crippen molar-refractivity contribution in [1.29, 1.82) is 0 Å². The molecule has 1 fully saturated rings. The molecule has 16 heavy (non-hydrogen) atoms. The molecule has 0 amide bonds. The van der Waals surface area contributed by atoms with Crippen LogP contribution in [0.15, 0.2) is 0 Å². The van der Waals surface area contributed by atoms with Gasteiger partial charge in [0.15, 0.2) is 0 Å². The van der Waals surface area contributed by atoms with Crippen molar-refractivity contribution in [2.45, 2.75) is 45.3 Å². The van der Waals surface area contributed by atoms with Crippen molar-refractivity contribution in [3.05, 3.63) is 0 Å². The quantitative estimate of drug-likeness (QED) is 0.729. The number of nitrogens with one attached hydrogen (secondary N) is 1. The van der Waals surface area contributed by atoms with Crippen LogP contribution in [-0.2, 0) is 9.53 Å². The van der Waals surface area contributed by atoms with Gasteiger partial charge in [0.25, 0.3) is 0 Å². The third kappa shape index (κ3) is 4.10. The predicted molar refractivity (Wildman–Crippen MR) is 64.4 cm³/mol. The van der Waals surface area contributed by atoms with E-state index in [2.05, 4.69) is 10.2 Å². The van der Waals surface area contributed by atoms with Crippen molar-refractivity contribution in [2.24, 2.45) is 0 Å². The molecule has 0 spiro atoms. The van der Waals surface area contributed by atoms with Gasteiger partial charge in [-0.2, -0.15) is 0 Å². The fraction of sp³-hybridized carbons (Fsp3) is 0.917. The van der Waals surface area contributed by atoms with Crippen LogP contribution in [0.1, 0.15) is 33.6 Å². The summed E-state index contributed by atoms with van der Waals surface area (Å²) in [5.74, 6) is -0.0684. The van der Waals surface area contributed by atoms with Gasteiger partial charge in [-0.1, -0.05) is 0 Å². The van der Waals surface area contributed by atoms with Crippen molar-refractivity contribution in [2.75, 3.05) is 26.7 Å². The van der Waals surface area contributed by atoms with Crippen LogP contribution in [0, 0.1) is 0 Å². The van der Waals surface area contributed by atoms with Crippen molar-refractivity contribution in [3.8, 4) is 0 Å². The number of likely N-dealkylation sites (N-methyl/N-ethyl adjacent to an activating group) is 1.